The van der Waals surface area contributed by atoms with Gasteiger partial charge >= 0.3 is 6.09 Å². The largest absolute Gasteiger partial charge is 0.453 e. The van der Waals surface area contributed by atoms with Crippen molar-refractivity contribution in [3.63, 3.8) is 0 Å². The molecule has 3 aromatic carbocycles. The van der Waals surface area contributed by atoms with Crippen molar-refractivity contribution in [3.05, 3.63) is 83.6 Å². The maximum Gasteiger partial charge on any atom is 0.407 e. The van der Waals surface area contributed by atoms with Crippen LogP contribution in [0.1, 0.15) is 74.4 Å². The second-order valence-corrected chi connectivity index (χ2v) is 13.8. The maximum absolute atomic E-state index is 16.3. The van der Waals surface area contributed by atoms with Gasteiger partial charge in [0.15, 0.2) is 0 Å². The van der Waals surface area contributed by atoms with Gasteiger partial charge in [-0.2, -0.15) is 8.78 Å². The number of benzene rings is 3. The monoisotopic (exact) mass is 679 g/mol. The lowest BCUT2D eigenvalue weighted by Crippen LogP contribution is -2.51. The van der Waals surface area contributed by atoms with Crippen molar-refractivity contribution < 1.29 is 23.1 Å². The topological polar surface area (TPSA) is 128 Å². The van der Waals surface area contributed by atoms with Crippen LogP contribution in [0, 0.1) is 5.92 Å². The Morgan fingerprint density at radius 2 is 1.66 bits per heavy atom. The van der Waals surface area contributed by atoms with Gasteiger partial charge in [0.25, 0.3) is 5.92 Å². The van der Waals surface area contributed by atoms with E-state index in [9.17, 15) is 9.59 Å². The van der Waals surface area contributed by atoms with Crippen LogP contribution >= 0.6 is 0 Å². The molecule has 2 unspecified atom stereocenters. The van der Waals surface area contributed by atoms with E-state index in [-0.39, 0.29) is 35.0 Å². The molecule has 2 aliphatic heterocycles. The number of aromatic nitrogens is 4. The van der Waals surface area contributed by atoms with Gasteiger partial charge in [0.2, 0.25) is 5.91 Å². The lowest BCUT2D eigenvalue weighted by molar-refractivity contribution is -0.135. The molecule has 2 fully saturated rings. The minimum atomic E-state index is -3.20. The van der Waals surface area contributed by atoms with Gasteiger partial charge in [-0.1, -0.05) is 44.2 Å². The third kappa shape index (κ3) is 5.42. The summed E-state index contributed by atoms with van der Waals surface area (Å²) in [6.07, 6.45) is 4.57. The number of H-pyrrole nitrogens is 2. The molecule has 0 bridgehead atoms. The molecule has 0 saturated carbocycles. The summed E-state index contributed by atoms with van der Waals surface area (Å²) >= 11 is 0. The van der Waals surface area contributed by atoms with E-state index in [0.29, 0.717) is 46.7 Å². The average Bonchev–Trinajstić information content (AvgIpc) is 3.96. The molecular weight excluding hydrogens is 640 g/mol. The van der Waals surface area contributed by atoms with Crippen LogP contribution in [0.4, 0.5) is 13.6 Å². The zero-order valence-electron chi connectivity index (χ0n) is 28.1. The second kappa shape index (κ2) is 12.3. The first-order valence-electron chi connectivity index (χ1n) is 17.2. The molecule has 2 amide bonds. The van der Waals surface area contributed by atoms with Crippen LogP contribution in [-0.4, -0.2) is 63.1 Å². The van der Waals surface area contributed by atoms with Crippen LogP contribution < -0.4 is 10.6 Å². The number of hydrogen-bond donors (Lipinski definition) is 4. The molecule has 12 heteroatoms. The van der Waals surface area contributed by atoms with Crippen molar-refractivity contribution in [2.24, 2.45) is 5.92 Å². The second-order valence-electron chi connectivity index (χ2n) is 13.8. The molecule has 5 aromatic rings. The molecule has 2 saturated heterocycles. The number of methoxy groups -OCH3 is 1. The van der Waals surface area contributed by atoms with E-state index in [0.717, 1.165) is 48.2 Å². The number of rotatable bonds is 7. The van der Waals surface area contributed by atoms with E-state index in [1.54, 1.807) is 29.3 Å². The van der Waals surface area contributed by atoms with Gasteiger partial charge in [0.05, 0.1) is 42.1 Å². The maximum atomic E-state index is 16.3. The fourth-order valence-electron chi connectivity index (χ4n) is 7.71. The van der Waals surface area contributed by atoms with E-state index in [1.807, 2.05) is 44.2 Å². The lowest BCUT2D eigenvalue weighted by atomic mass is 9.98. The molecule has 2 aromatic heterocycles. The number of nitrogens with one attached hydrogen (secondary N) is 4. The number of fused-ring (bicyclic) bond motifs is 4. The number of carbonyl (C=O) groups excluding carboxylic acids is 2. The number of alkyl halides is 2. The Morgan fingerprint density at radius 3 is 2.38 bits per heavy atom. The summed E-state index contributed by atoms with van der Waals surface area (Å²) in [5.41, 5.74) is 5.40. The normalized spacial score (nSPS) is 19.9. The lowest BCUT2D eigenvalue weighted by Gasteiger charge is -2.30. The summed E-state index contributed by atoms with van der Waals surface area (Å²) in [6, 6.07) is 15.4. The Labute approximate surface area is 288 Å². The van der Waals surface area contributed by atoms with Crippen LogP contribution in [0.3, 0.4) is 0 Å². The number of aromatic amines is 2. The number of likely N-dealkylation sites (tertiary alicyclic amines) is 1. The molecular formula is C38H39F2N7O3. The molecule has 50 heavy (non-hydrogen) atoms. The van der Waals surface area contributed by atoms with Crippen molar-refractivity contribution in [1.29, 1.82) is 0 Å². The van der Waals surface area contributed by atoms with Gasteiger partial charge in [-0.3, -0.25) is 4.79 Å². The van der Waals surface area contributed by atoms with Gasteiger partial charge in [-0.25, -0.2) is 14.8 Å². The van der Waals surface area contributed by atoms with Crippen LogP contribution in [0.15, 0.2) is 60.8 Å². The fourth-order valence-corrected chi connectivity index (χ4v) is 7.71. The number of imidazole rings is 2. The minimum Gasteiger partial charge on any atom is -0.453 e. The van der Waals surface area contributed by atoms with Gasteiger partial charge in [0.1, 0.15) is 17.7 Å². The average molecular weight is 680 g/mol. The molecule has 0 radical (unpaired) electrons. The molecule has 0 spiro atoms. The quantitative estimate of drug-likeness (QED) is 0.144. The van der Waals surface area contributed by atoms with E-state index >= 15 is 8.78 Å². The van der Waals surface area contributed by atoms with E-state index in [4.69, 9.17) is 9.72 Å². The third-order valence-corrected chi connectivity index (χ3v) is 10.4. The van der Waals surface area contributed by atoms with Gasteiger partial charge < -0.3 is 30.2 Å². The summed E-state index contributed by atoms with van der Waals surface area (Å²) < 4.78 is 37.3. The smallest absolute Gasteiger partial charge is 0.407 e. The van der Waals surface area contributed by atoms with Gasteiger partial charge in [-0.05, 0) is 84.7 Å². The summed E-state index contributed by atoms with van der Waals surface area (Å²) in [4.78, 5) is 43.3. The Hall–Kier alpha value is -5.10. The Morgan fingerprint density at radius 1 is 0.940 bits per heavy atom. The predicted octanol–water partition coefficient (Wildman–Crippen LogP) is 7.21. The highest BCUT2D eigenvalue weighted by Crippen LogP contribution is 2.52. The van der Waals surface area contributed by atoms with Crippen molar-refractivity contribution in [2.75, 3.05) is 20.2 Å². The number of amides is 2. The molecule has 258 valence electrons. The SMILES string of the molecule is COC(=O)N[C@H](C(=O)N1CCCC1c1ncc(-c2ccc3c(c2)C(F)(F)c2cc(-c4ccc5nc(C6CCCN6)[nH]c5c4)ccc2-3)[nH]1)C(C)C. The summed E-state index contributed by atoms with van der Waals surface area (Å²) in [6.45, 7) is 5.22. The van der Waals surface area contributed by atoms with Crippen molar-refractivity contribution >= 4 is 23.0 Å². The van der Waals surface area contributed by atoms with Crippen LogP contribution in [-0.2, 0) is 15.5 Å². The Kier molecular flexibility index (Phi) is 7.93. The highest BCUT2D eigenvalue weighted by Gasteiger charge is 2.45. The third-order valence-electron chi connectivity index (χ3n) is 10.4. The minimum absolute atomic E-state index is 0.0200. The first kappa shape index (κ1) is 32.1. The molecule has 3 aliphatic rings. The number of halogens is 2. The van der Waals surface area contributed by atoms with Crippen molar-refractivity contribution in [3.8, 4) is 33.5 Å². The Balaban J connectivity index is 1.05. The predicted molar refractivity (Wildman–Crippen MR) is 185 cm³/mol. The van der Waals surface area contributed by atoms with E-state index in [1.165, 1.54) is 13.2 Å². The first-order chi connectivity index (χ1) is 24.1. The first-order valence-corrected chi connectivity index (χ1v) is 17.2. The highest BCUT2D eigenvalue weighted by molar-refractivity contribution is 5.88. The number of alkyl carbamates (subject to hydrolysis) is 1. The standard InChI is InChI=1S/C38H39F2N7O3/c1-20(2)33(46-37(49)50-3)36(48)47-15-5-7-32(47)35-42-19-31(45-35)23-9-12-25-24-11-8-21(16-26(24)38(39,40)27(25)17-23)22-10-13-28-30(18-22)44-34(43-28)29-6-4-14-41-29/h8-13,16-20,29,32-33,41H,4-7,14-15H2,1-3H3,(H,42,45)(H,43,44)(H,46,49)/t29?,32?,33-/m0/s1. The molecule has 3 atom stereocenters. The Bertz CT molecular complexity index is 2120. The van der Waals surface area contributed by atoms with Crippen LogP contribution in [0.5, 0.6) is 0 Å². The molecule has 4 N–H and O–H groups in total. The van der Waals surface area contributed by atoms with Crippen molar-refractivity contribution in [2.45, 2.75) is 63.6 Å². The zero-order valence-corrected chi connectivity index (χ0v) is 28.1. The van der Waals surface area contributed by atoms with E-state index < -0.39 is 18.1 Å². The van der Waals surface area contributed by atoms with E-state index in [2.05, 4.69) is 25.6 Å². The number of ether oxygens (including phenoxy) is 1. The van der Waals surface area contributed by atoms with Crippen LogP contribution in [0.25, 0.3) is 44.5 Å². The summed E-state index contributed by atoms with van der Waals surface area (Å²) in [5, 5.41) is 6.12. The zero-order chi connectivity index (χ0) is 34.7. The number of nitrogens with zero attached hydrogens (tertiary/aromatic N) is 3. The highest BCUT2D eigenvalue weighted by atomic mass is 19.3. The fraction of sp³-hybridized carbons (Fsp3) is 0.368. The molecule has 8 rings (SSSR count). The molecule has 4 heterocycles. The molecule has 1 aliphatic carbocycles. The van der Waals surface area contributed by atoms with Gasteiger partial charge in [-0.15, -0.1) is 0 Å². The van der Waals surface area contributed by atoms with Crippen LogP contribution in [0.2, 0.25) is 0 Å². The molecule has 10 nitrogen and oxygen atoms in total. The summed E-state index contributed by atoms with van der Waals surface area (Å²) in [5.74, 6) is -2.09. The summed E-state index contributed by atoms with van der Waals surface area (Å²) in [7, 11) is 1.26. The number of hydrogen-bond acceptors (Lipinski definition) is 6. The van der Waals surface area contributed by atoms with Crippen molar-refractivity contribution in [1.82, 2.24) is 35.5 Å². The van der Waals surface area contributed by atoms with Gasteiger partial charge in [0, 0.05) is 23.2 Å². The number of carbonyl (C=O) groups is 2.